The maximum Gasteiger partial charge on any atom is 0.165 e. The summed E-state index contributed by atoms with van der Waals surface area (Å²) in [5, 5.41) is 3.49. The van der Waals surface area contributed by atoms with Gasteiger partial charge in [0.25, 0.3) is 0 Å². The van der Waals surface area contributed by atoms with Crippen molar-refractivity contribution in [3.8, 4) is 5.75 Å². The molecule has 2 heterocycles. The van der Waals surface area contributed by atoms with Gasteiger partial charge >= 0.3 is 0 Å². The van der Waals surface area contributed by atoms with Crippen LogP contribution in [0.4, 0.5) is 4.39 Å². The van der Waals surface area contributed by atoms with Crippen LogP contribution in [0.1, 0.15) is 31.4 Å². The van der Waals surface area contributed by atoms with Gasteiger partial charge in [-0.2, -0.15) is 0 Å². The maximum atomic E-state index is 13.9. The van der Waals surface area contributed by atoms with Crippen LogP contribution in [0, 0.1) is 11.7 Å². The van der Waals surface area contributed by atoms with Crippen molar-refractivity contribution in [3.63, 3.8) is 0 Å². The summed E-state index contributed by atoms with van der Waals surface area (Å²) in [5.41, 5.74) is 1.04. The second-order valence-electron chi connectivity index (χ2n) is 5.94. The molecule has 0 radical (unpaired) electrons. The molecule has 110 valence electrons. The Bertz CT molecular complexity index is 480. The predicted octanol–water partition coefficient (Wildman–Crippen LogP) is 2.58. The van der Waals surface area contributed by atoms with Crippen LogP contribution in [0.3, 0.4) is 0 Å². The van der Waals surface area contributed by atoms with Gasteiger partial charge in [-0.15, -0.1) is 0 Å². The molecule has 20 heavy (non-hydrogen) atoms. The molecule has 3 atom stereocenters. The van der Waals surface area contributed by atoms with Gasteiger partial charge in [0.1, 0.15) is 0 Å². The average molecular weight is 278 g/mol. The smallest absolute Gasteiger partial charge is 0.165 e. The third kappa shape index (κ3) is 2.42. The number of nitrogens with zero attached hydrogens (tertiary/aromatic N) is 1. The van der Waals surface area contributed by atoms with Crippen molar-refractivity contribution in [2.24, 2.45) is 5.92 Å². The highest BCUT2D eigenvalue weighted by atomic mass is 19.1. The number of likely N-dealkylation sites (tertiary alicyclic amines) is 1. The van der Waals surface area contributed by atoms with E-state index >= 15 is 0 Å². The highest BCUT2D eigenvalue weighted by Crippen LogP contribution is 2.34. The normalized spacial score (nSPS) is 28.1. The Morgan fingerprint density at radius 3 is 3.00 bits per heavy atom. The van der Waals surface area contributed by atoms with E-state index in [1.54, 1.807) is 12.1 Å². The lowest BCUT2D eigenvalue weighted by Crippen LogP contribution is -2.46. The number of nitrogens with one attached hydrogen (secondary N) is 1. The fourth-order valence-corrected chi connectivity index (χ4v) is 3.72. The molecule has 4 heteroatoms. The van der Waals surface area contributed by atoms with E-state index in [4.69, 9.17) is 4.74 Å². The predicted molar refractivity (Wildman–Crippen MR) is 77.5 cm³/mol. The minimum atomic E-state index is -0.269. The molecular weight excluding hydrogens is 255 g/mol. The van der Waals surface area contributed by atoms with Crippen LogP contribution in [0.15, 0.2) is 18.2 Å². The van der Waals surface area contributed by atoms with E-state index in [9.17, 15) is 4.39 Å². The Morgan fingerprint density at radius 1 is 1.40 bits per heavy atom. The fraction of sp³-hybridized carbons (Fsp3) is 0.625. The molecule has 1 aromatic carbocycles. The van der Waals surface area contributed by atoms with Crippen LogP contribution in [-0.2, 0) is 0 Å². The molecule has 1 N–H and O–H groups in total. The second-order valence-corrected chi connectivity index (χ2v) is 5.94. The number of rotatable bonds is 3. The minimum absolute atomic E-state index is 0.253. The summed E-state index contributed by atoms with van der Waals surface area (Å²) >= 11 is 0. The third-order valence-corrected chi connectivity index (χ3v) is 4.88. The molecule has 0 spiro atoms. The summed E-state index contributed by atoms with van der Waals surface area (Å²) in [6.07, 6.45) is 2.56. The number of methoxy groups -OCH3 is 1. The fourth-order valence-electron chi connectivity index (χ4n) is 3.72. The molecule has 2 aliphatic rings. The summed E-state index contributed by atoms with van der Waals surface area (Å²) in [6.45, 7) is 5.48. The SMILES string of the molecule is COc1ccc(C(C)N2CCCC3CNCC32)cc1F. The molecule has 2 aliphatic heterocycles. The first-order chi connectivity index (χ1) is 9.70. The van der Waals surface area contributed by atoms with Crippen LogP contribution < -0.4 is 10.1 Å². The largest absolute Gasteiger partial charge is 0.494 e. The Labute approximate surface area is 120 Å². The first-order valence-corrected chi connectivity index (χ1v) is 7.50. The summed E-state index contributed by atoms with van der Waals surface area (Å²) in [6, 6.07) is 6.19. The zero-order chi connectivity index (χ0) is 14.1. The highest BCUT2D eigenvalue weighted by Gasteiger charge is 2.37. The average Bonchev–Trinajstić information content (AvgIpc) is 2.94. The number of hydrogen-bond donors (Lipinski definition) is 1. The number of fused-ring (bicyclic) bond motifs is 1. The molecule has 2 fully saturated rings. The van der Waals surface area contributed by atoms with Crippen molar-refractivity contribution in [3.05, 3.63) is 29.6 Å². The molecule has 0 saturated carbocycles. The van der Waals surface area contributed by atoms with Crippen LogP contribution >= 0.6 is 0 Å². The van der Waals surface area contributed by atoms with E-state index in [1.807, 2.05) is 6.07 Å². The molecule has 3 unspecified atom stereocenters. The number of benzene rings is 1. The van der Waals surface area contributed by atoms with E-state index in [-0.39, 0.29) is 11.9 Å². The lowest BCUT2D eigenvalue weighted by Gasteiger charge is -2.41. The van der Waals surface area contributed by atoms with Crippen molar-refractivity contribution < 1.29 is 9.13 Å². The van der Waals surface area contributed by atoms with E-state index in [2.05, 4.69) is 17.1 Å². The number of piperidine rings is 1. The van der Waals surface area contributed by atoms with Crippen molar-refractivity contribution in [2.45, 2.75) is 31.8 Å². The van der Waals surface area contributed by atoms with E-state index in [0.29, 0.717) is 11.8 Å². The van der Waals surface area contributed by atoms with Crippen molar-refractivity contribution >= 4 is 0 Å². The topological polar surface area (TPSA) is 24.5 Å². The Kier molecular flexibility index (Phi) is 3.94. The monoisotopic (exact) mass is 278 g/mol. The van der Waals surface area contributed by atoms with Gasteiger partial charge < -0.3 is 10.1 Å². The molecule has 0 amide bonds. The Balaban J connectivity index is 1.80. The standard InChI is InChI=1S/C16H23FN2O/c1-11(12-5-6-16(20-2)14(17)8-12)19-7-3-4-13-9-18-10-15(13)19/h5-6,8,11,13,15,18H,3-4,7,9-10H2,1-2H3. The molecule has 0 aliphatic carbocycles. The van der Waals surface area contributed by atoms with Gasteiger partial charge in [-0.25, -0.2) is 4.39 Å². The maximum absolute atomic E-state index is 13.9. The molecule has 3 rings (SSSR count). The van der Waals surface area contributed by atoms with Crippen molar-refractivity contribution in [1.29, 1.82) is 0 Å². The minimum Gasteiger partial charge on any atom is -0.494 e. The third-order valence-electron chi connectivity index (χ3n) is 4.88. The van der Waals surface area contributed by atoms with Crippen LogP contribution in [0.25, 0.3) is 0 Å². The molecule has 2 saturated heterocycles. The van der Waals surface area contributed by atoms with Gasteiger partial charge in [0.15, 0.2) is 11.6 Å². The molecule has 0 bridgehead atoms. The number of hydrogen-bond acceptors (Lipinski definition) is 3. The summed E-state index contributed by atoms with van der Waals surface area (Å²) in [4.78, 5) is 2.54. The molecule has 0 aromatic heterocycles. The quantitative estimate of drug-likeness (QED) is 0.919. The first kappa shape index (κ1) is 13.8. The molecule has 3 nitrogen and oxygen atoms in total. The Hall–Kier alpha value is -1.13. The number of ether oxygens (including phenoxy) is 1. The first-order valence-electron chi connectivity index (χ1n) is 7.50. The summed E-state index contributed by atoms with van der Waals surface area (Å²) < 4.78 is 18.9. The zero-order valence-electron chi connectivity index (χ0n) is 12.2. The number of halogens is 1. The Morgan fingerprint density at radius 2 is 2.25 bits per heavy atom. The van der Waals surface area contributed by atoms with Gasteiger partial charge in [0.05, 0.1) is 7.11 Å². The zero-order valence-corrected chi connectivity index (χ0v) is 12.2. The summed E-state index contributed by atoms with van der Waals surface area (Å²) in [7, 11) is 1.50. The van der Waals surface area contributed by atoms with E-state index < -0.39 is 0 Å². The van der Waals surface area contributed by atoms with Crippen LogP contribution in [-0.4, -0.2) is 37.7 Å². The van der Waals surface area contributed by atoms with E-state index in [1.165, 1.54) is 20.0 Å². The van der Waals surface area contributed by atoms with Crippen molar-refractivity contribution in [2.75, 3.05) is 26.7 Å². The van der Waals surface area contributed by atoms with Gasteiger partial charge in [-0.05, 0) is 56.5 Å². The summed E-state index contributed by atoms with van der Waals surface area (Å²) in [5.74, 6) is 0.809. The lowest BCUT2D eigenvalue weighted by molar-refractivity contribution is 0.0846. The molecular formula is C16H23FN2O. The molecule has 1 aromatic rings. The van der Waals surface area contributed by atoms with Crippen LogP contribution in [0.2, 0.25) is 0 Å². The van der Waals surface area contributed by atoms with Crippen LogP contribution in [0.5, 0.6) is 5.75 Å². The van der Waals surface area contributed by atoms with E-state index in [0.717, 1.165) is 31.1 Å². The second kappa shape index (κ2) is 5.70. The van der Waals surface area contributed by atoms with Gasteiger partial charge in [0, 0.05) is 18.6 Å². The van der Waals surface area contributed by atoms with Crippen molar-refractivity contribution in [1.82, 2.24) is 10.2 Å². The van der Waals surface area contributed by atoms with Gasteiger partial charge in [-0.3, -0.25) is 4.90 Å². The lowest BCUT2D eigenvalue weighted by atomic mass is 9.89. The highest BCUT2D eigenvalue weighted by molar-refractivity contribution is 5.31. The van der Waals surface area contributed by atoms with Gasteiger partial charge in [-0.1, -0.05) is 6.07 Å². The van der Waals surface area contributed by atoms with Gasteiger partial charge in [0.2, 0.25) is 0 Å².